The molecule has 5 nitrogen and oxygen atoms in total. The van der Waals surface area contributed by atoms with Gasteiger partial charge in [0.1, 0.15) is 5.75 Å². The van der Waals surface area contributed by atoms with Gasteiger partial charge in [-0.05, 0) is 31.2 Å². The molecule has 0 fully saturated rings. The van der Waals surface area contributed by atoms with E-state index in [1.54, 1.807) is 0 Å². The van der Waals surface area contributed by atoms with Crippen molar-refractivity contribution in [3.05, 3.63) is 29.6 Å². The number of anilines is 1. The Hall–Kier alpha value is -1.63. The van der Waals surface area contributed by atoms with Crippen LogP contribution < -0.4 is 15.8 Å². The van der Waals surface area contributed by atoms with Crippen molar-refractivity contribution < 1.29 is 9.53 Å². The molecule has 1 aromatic carbocycles. The predicted octanol–water partition coefficient (Wildman–Crippen LogP) is 2.92. The van der Waals surface area contributed by atoms with E-state index in [-0.39, 0.29) is 18.3 Å². The smallest absolute Gasteiger partial charge is 0.227 e. The Morgan fingerprint density at radius 3 is 2.71 bits per heavy atom. The van der Waals surface area contributed by atoms with E-state index in [2.05, 4.69) is 10.3 Å². The summed E-state index contributed by atoms with van der Waals surface area (Å²) in [7, 11) is 0. The third-order valence-electron chi connectivity index (χ3n) is 2.58. The Balaban J connectivity index is 0.00000220. The average Bonchev–Trinajstić information content (AvgIpc) is 2.88. The number of nitrogens with one attached hydrogen (secondary N) is 1. The summed E-state index contributed by atoms with van der Waals surface area (Å²) in [6.07, 6.45) is 0.304. The van der Waals surface area contributed by atoms with Crippen molar-refractivity contribution in [2.45, 2.75) is 13.3 Å². The summed E-state index contributed by atoms with van der Waals surface area (Å²) in [4.78, 5) is 15.8. The van der Waals surface area contributed by atoms with E-state index in [1.165, 1.54) is 11.3 Å². The second kappa shape index (κ2) is 8.61. The number of carbonyl (C=O) groups is 1. The minimum atomic E-state index is -0.111. The average molecular weight is 328 g/mol. The molecular formula is C14H18ClN3O2S. The lowest BCUT2D eigenvalue weighted by molar-refractivity contribution is -0.116. The Bertz CT molecular complexity index is 572. The van der Waals surface area contributed by atoms with E-state index in [1.807, 2.05) is 36.6 Å². The number of hydrogen-bond acceptors (Lipinski definition) is 5. The first kappa shape index (κ1) is 17.4. The van der Waals surface area contributed by atoms with Crippen molar-refractivity contribution in [1.29, 1.82) is 0 Å². The van der Waals surface area contributed by atoms with Crippen molar-refractivity contribution in [2.75, 3.05) is 18.5 Å². The number of hydrogen-bond donors (Lipinski definition) is 2. The SMILES string of the molecule is CCOc1ccc(-c2csc(NC(=O)CCN)n2)cc1.Cl. The second-order valence-corrected chi connectivity index (χ2v) is 4.94. The van der Waals surface area contributed by atoms with Gasteiger partial charge in [0.25, 0.3) is 0 Å². The number of amides is 1. The highest BCUT2D eigenvalue weighted by Crippen LogP contribution is 2.26. The number of rotatable bonds is 6. The van der Waals surface area contributed by atoms with Crippen LogP contribution in [0.5, 0.6) is 5.75 Å². The van der Waals surface area contributed by atoms with Gasteiger partial charge in [0.15, 0.2) is 5.13 Å². The molecule has 1 heterocycles. The number of thiazole rings is 1. The standard InChI is InChI=1S/C14H17N3O2S.ClH/c1-2-19-11-5-3-10(4-6-11)12-9-20-14(16-12)17-13(18)7-8-15;/h3-6,9H,2,7-8,15H2,1H3,(H,16,17,18);1H. The Labute approximate surface area is 133 Å². The second-order valence-electron chi connectivity index (χ2n) is 4.08. The van der Waals surface area contributed by atoms with Crippen LogP contribution in [-0.4, -0.2) is 24.0 Å². The molecule has 7 heteroatoms. The highest BCUT2D eigenvalue weighted by molar-refractivity contribution is 7.14. The van der Waals surface area contributed by atoms with Crippen LogP contribution in [0.1, 0.15) is 13.3 Å². The zero-order chi connectivity index (χ0) is 14.4. The zero-order valence-corrected chi connectivity index (χ0v) is 13.3. The van der Waals surface area contributed by atoms with E-state index in [9.17, 15) is 4.79 Å². The minimum absolute atomic E-state index is 0. The first-order valence-electron chi connectivity index (χ1n) is 6.41. The molecule has 2 aromatic rings. The number of carbonyl (C=O) groups excluding carboxylic acids is 1. The van der Waals surface area contributed by atoms with E-state index >= 15 is 0 Å². The summed E-state index contributed by atoms with van der Waals surface area (Å²) in [6, 6.07) is 7.72. The fraction of sp³-hybridized carbons (Fsp3) is 0.286. The highest BCUT2D eigenvalue weighted by atomic mass is 35.5. The molecule has 0 aliphatic heterocycles. The minimum Gasteiger partial charge on any atom is -0.494 e. The van der Waals surface area contributed by atoms with Crippen molar-refractivity contribution in [3.8, 4) is 17.0 Å². The van der Waals surface area contributed by atoms with Crippen LogP contribution in [0.15, 0.2) is 29.6 Å². The Morgan fingerprint density at radius 2 is 2.10 bits per heavy atom. The van der Waals surface area contributed by atoms with Crippen LogP contribution in [-0.2, 0) is 4.79 Å². The molecule has 0 radical (unpaired) electrons. The van der Waals surface area contributed by atoms with Gasteiger partial charge in [0, 0.05) is 23.9 Å². The van der Waals surface area contributed by atoms with Crippen molar-refractivity contribution in [3.63, 3.8) is 0 Å². The normalized spacial score (nSPS) is 9.81. The molecule has 3 N–H and O–H groups in total. The van der Waals surface area contributed by atoms with Gasteiger partial charge in [-0.15, -0.1) is 23.7 Å². The lowest BCUT2D eigenvalue weighted by Crippen LogP contribution is -2.15. The van der Waals surface area contributed by atoms with Gasteiger partial charge in [0.2, 0.25) is 5.91 Å². The molecule has 0 saturated heterocycles. The van der Waals surface area contributed by atoms with Crippen LogP contribution in [0.4, 0.5) is 5.13 Å². The summed E-state index contributed by atoms with van der Waals surface area (Å²) in [6.45, 7) is 2.93. The lowest BCUT2D eigenvalue weighted by Gasteiger charge is -2.03. The van der Waals surface area contributed by atoms with Gasteiger partial charge in [0.05, 0.1) is 12.3 Å². The molecule has 0 bridgehead atoms. The van der Waals surface area contributed by atoms with Crippen LogP contribution in [0.3, 0.4) is 0 Å². The fourth-order valence-corrected chi connectivity index (χ4v) is 2.40. The van der Waals surface area contributed by atoms with Gasteiger partial charge in [-0.1, -0.05) is 0 Å². The molecule has 0 aliphatic rings. The number of aromatic nitrogens is 1. The number of ether oxygens (including phenoxy) is 1. The predicted molar refractivity (Wildman–Crippen MR) is 88.3 cm³/mol. The molecule has 0 saturated carbocycles. The molecule has 21 heavy (non-hydrogen) atoms. The monoisotopic (exact) mass is 327 g/mol. The summed E-state index contributed by atoms with van der Waals surface area (Å²) in [5.74, 6) is 0.725. The van der Waals surface area contributed by atoms with E-state index < -0.39 is 0 Å². The maximum Gasteiger partial charge on any atom is 0.227 e. The number of benzene rings is 1. The topological polar surface area (TPSA) is 77.2 Å². The van der Waals surface area contributed by atoms with Gasteiger partial charge < -0.3 is 15.8 Å². The van der Waals surface area contributed by atoms with Crippen molar-refractivity contribution in [1.82, 2.24) is 4.98 Å². The lowest BCUT2D eigenvalue weighted by atomic mass is 10.2. The van der Waals surface area contributed by atoms with Gasteiger partial charge in [-0.3, -0.25) is 4.79 Å². The van der Waals surface area contributed by atoms with Crippen LogP contribution >= 0.6 is 23.7 Å². The molecule has 0 unspecified atom stereocenters. The molecule has 114 valence electrons. The van der Waals surface area contributed by atoms with Crippen LogP contribution in [0, 0.1) is 0 Å². The van der Waals surface area contributed by atoms with Gasteiger partial charge in [-0.2, -0.15) is 0 Å². The Kier molecular flexibility index (Phi) is 7.14. The molecular weight excluding hydrogens is 310 g/mol. The first-order valence-corrected chi connectivity index (χ1v) is 7.29. The molecule has 1 aromatic heterocycles. The summed E-state index contributed by atoms with van der Waals surface area (Å²) < 4.78 is 5.39. The van der Waals surface area contributed by atoms with E-state index in [0.717, 1.165) is 17.0 Å². The molecule has 1 amide bonds. The summed E-state index contributed by atoms with van der Waals surface area (Å²) >= 11 is 1.40. The maximum absolute atomic E-state index is 11.4. The van der Waals surface area contributed by atoms with Crippen LogP contribution in [0.25, 0.3) is 11.3 Å². The highest BCUT2D eigenvalue weighted by Gasteiger charge is 2.07. The Morgan fingerprint density at radius 1 is 1.38 bits per heavy atom. The maximum atomic E-state index is 11.4. The largest absolute Gasteiger partial charge is 0.494 e. The molecule has 0 spiro atoms. The zero-order valence-electron chi connectivity index (χ0n) is 11.7. The van der Waals surface area contributed by atoms with E-state index in [4.69, 9.17) is 10.5 Å². The number of halogens is 1. The third-order valence-corrected chi connectivity index (χ3v) is 3.34. The van der Waals surface area contributed by atoms with Crippen molar-refractivity contribution in [2.24, 2.45) is 5.73 Å². The quantitative estimate of drug-likeness (QED) is 0.855. The van der Waals surface area contributed by atoms with E-state index in [0.29, 0.717) is 24.7 Å². The molecule has 0 aliphatic carbocycles. The first-order chi connectivity index (χ1) is 9.72. The summed E-state index contributed by atoms with van der Waals surface area (Å²) in [5, 5.41) is 5.23. The number of nitrogens with zero attached hydrogens (tertiary/aromatic N) is 1. The van der Waals surface area contributed by atoms with Crippen LogP contribution in [0.2, 0.25) is 0 Å². The fourth-order valence-electron chi connectivity index (χ4n) is 1.67. The molecule has 2 rings (SSSR count). The summed E-state index contributed by atoms with van der Waals surface area (Å²) in [5.41, 5.74) is 7.15. The molecule has 0 atom stereocenters. The third kappa shape index (κ3) is 5.00. The van der Waals surface area contributed by atoms with Gasteiger partial charge in [-0.25, -0.2) is 4.98 Å². The number of nitrogens with two attached hydrogens (primary N) is 1. The van der Waals surface area contributed by atoms with Crippen molar-refractivity contribution >= 4 is 34.8 Å². The van der Waals surface area contributed by atoms with Gasteiger partial charge >= 0.3 is 0 Å².